The number of hydrogen-bond donors (Lipinski definition) is 0. The Bertz CT molecular complexity index is 1070. The molecule has 0 bridgehead atoms. The first-order valence-corrected chi connectivity index (χ1v) is 12.9. The van der Waals surface area contributed by atoms with Crippen LogP contribution in [0.2, 0.25) is 0 Å². The molecule has 4 unspecified atom stereocenters. The van der Waals surface area contributed by atoms with Gasteiger partial charge >= 0.3 is 0 Å². The monoisotopic (exact) mass is 472 g/mol. The quantitative estimate of drug-likeness (QED) is 0.432. The van der Waals surface area contributed by atoms with Crippen LogP contribution < -0.4 is 9.80 Å². The van der Waals surface area contributed by atoms with Gasteiger partial charge in [-0.1, -0.05) is 18.2 Å². The Labute approximate surface area is 193 Å². The first-order valence-electron chi connectivity index (χ1n) is 11.5. The molecule has 4 aliphatic rings. The standard InChI is InChI=1S/C24H28N2O6S/c27-33(28,21-4-2-1-3-5-21)22-6-7-23(25(9-17-13-29-17)10-18-14-30-18)24(8-22)26(11-19-15-31-19)12-20-16-32-20/h1-8,17-20H,9-16H2. The second kappa shape index (κ2) is 8.56. The molecule has 2 aromatic carbocycles. The van der Waals surface area contributed by atoms with Crippen LogP contribution >= 0.6 is 0 Å². The van der Waals surface area contributed by atoms with Gasteiger partial charge in [0.05, 0.1) is 72.0 Å². The average Bonchev–Trinajstić information content (AvgIpc) is 3.62. The molecule has 9 heteroatoms. The molecule has 4 aliphatic heterocycles. The molecule has 8 nitrogen and oxygen atoms in total. The van der Waals surface area contributed by atoms with Crippen molar-refractivity contribution in [3.8, 4) is 0 Å². The molecule has 176 valence electrons. The van der Waals surface area contributed by atoms with Crippen molar-refractivity contribution in [1.82, 2.24) is 0 Å². The van der Waals surface area contributed by atoms with Crippen LogP contribution in [0, 0.1) is 0 Å². The third-order valence-corrected chi connectivity index (χ3v) is 8.06. The lowest BCUT2D eigenvalue weighted by Gasteiger charge is -2.32. The van der Waals surface area contributed by atoms with E-state index in [4.69, 9.17) is 18.9 Å². The van der Waals surface area contributed by atoms with E-state index in [1.165, 1.54) is 0 Å². The molecule has 6 rings (SSSR count). The second-order valence-corrected chi connectivity index (χ2v) is 11.0. The smallest absolute Gasteiger partial charge is 0.206 e. The molecule has 4 saturated heterocycles. The van der Waals surface area contributed by atoms with E-state index in [-0.39, 0.29) is 29.3 Å². The highest BCUT2D eigenvalue weighted by Gasteiger charge is 2.36. The van der Waals surface area contributed by atoms with Crippen LogP contribution in [0.5, 0.6) is 0 Å². The lowest BCUT2D eigenvalue weighted by molar-refractivity contribution is 0.386. The highest BCUT2D eigenvalue weighted by atomic mass is 32.2. The molecule has 4 atom stereocenters. The Morgan fingerprint density at radius 2 is 1.09 bits per heavy atom. The lowest BCUT2D eigenvalue weighted by Crippen LogP contribution is -2.36. The third-order valence-electron chi connectivity index (χ3n) is 6.30. The molecule has 33 heavy (non-hydrogen) atoms. The van der Waals surface area contributed by atoms with Gasteiger partial charge in [0, 0.05) is 26.2 Å². The molecule has 0 N–H and O–H groups in total. The van der Waals surface area contributed by atoms with Crippen molar-refractivity contribution in [2.75, 3.05) is 62.4 Å². The first-order chi connectivity index (χ1) is 16.1. The van der Waals surface area contributed by atoms with Crippen molar-refractivity contribution in [2.24, 2.45) is 0 Å². The SMILES string of the molecule is O=S(=O)(c1ccccc1)c1ccc(N(CC2CO2)CC2CO2)c(N(CC2CO2)CC2CO2)c1. The summed E-state index contributed by atoms with van der Waals surface area (Å²) in [7, 11) is -3.64. The van der Waals surface area contributed by atoms with Gasteiger partial charge in [-0.05, 0) is 30.3 Å². The van der Waals surface area contributed by atoms with Crippen molar-refractivity contribution in [3.63, 3.8) is 0 Å². The van der Waals surface area contributed by atoms with E-state index in [2.05, 4.69) is 9.80 Å². The minimum absolute atomic E-state index is 0.165. The molecule has 0 saturated carbocycles. The molecule has 0 radical (unpaired) electrons. The molecule has 0 amide bonds. The topological polar surface area (TPSA) is 90.7 Å². The molecular formula is C24H28N2O6S. The van der Waals surface area contributed by atoms with Crippen LogP contribution in [-0.4, -0.2) is 85.4 Å². The summed E-state index contributed by atoms with van der Waals surface area (Å²) in [6.07, 6.45) is 0.739. The molecule has 4 fully saturated rings. The zero-order chi connectivity index (χ0) is 22.4. The zero-order valence-corrected chi connectivity index (χ0v) is 19.2. The van der Waals surface area contributed by atoms with Gasteiger partial charge in [0.25, 0.3) is 0 Å². The summed E-state index contributed by atoms with van der Waals surface area (Å²) in [5.41, 5.74) is 1.88. The summed E-state index contributed by atoms with van der Waals surface area (Å²) in [4.78, 5) is 5.08. The Hall–Kier alpha value is -2.17. The van der Waals surface area contributed by atoms with Gasteiger partial charge in [-0.25, -0.2) is 8.42 Å². The van der Waals surface area contributed by atoms with Crippen LogP contribution in [0.4, 0.5) is 11.4 Å². The number of benzene rings is 2. The summed E-state index contributed by atoms with van der Waals surface area (Å²) in [6, 6.07) is 14.1. The maximum absolute atomic E-state index is 13.4. The predicted molar refractivity (Wildman–Crippen MR) is 122 cm³/mol. The number of rotatable bonds is 12. The summed E-state index contributed by atoms with van der Waals surface area (Å²) < 4.78 is 48.9. The van der Waals surface area contributed by atoms with E-state index in [0.29, 0.717) is 18.0 Å². The molecule has 2 aromatic rings. The summed E-state index contributed by atoms with van der Waals surface area (Å²) >= 11 is 0. The largest absolute Gasteiger partial charge is 0.371 e. The maximum Gasteiger partial charge on any atom is 0.206 e. The fourth-order valence-corrected chi connectivity index (χ4v) is 5.45. The molecule has 0 spiro atoms. The highest BCUT2D eigenvalue weighted by Crippen LogP contribution is 2.37. The fraction of sp³-hybridized carbons (Fsp3) is 0.500. The van der Waals surface area contributed by atoms with E-state index in [0.717, 1.165) is 50.9 Å². The normalized spacial score (nSPS) is 27.2. The predicted octanol–water partition coefficient (Wildman–Crippen LogP) is 1.73. The minimum atomic E-state index is -3.64. The van der Waals surface area contributed by atoms with Gasteiger partial charge in [-0.3, -0.25) is 0 Å². The van der Waals surface area contributed by atoms with Gasteiger partial charge in [0.1, 0.15) is 0 Å². The summed E-state index contributed by atoms with van der Waals surface area (Å²) in [6.45, 7) is 5.89. The lowest BCUT2D eigenvalue weighted by atomic mass is 10.1. The highest BCUT2D eigenvalue weighted by molar-refractivity contribution is 7.91. The average molecular weight is 473 g/mol. The zero-order valence-electron chi connectivity index (χ0n) is 18.3. The third kappa shape index (κ3) is 5.17. The molecule has 4 heterocycles. The van der Waals surface area contributed by atoms with Crippen molar-refractivity contribution in [3.05, 3.63) is 48.5 Å². The Morgan fingerprint density at radius 3 is 1.55 bits per heavy atom. The fourth-order valence-electron chi connectivity index (χ4n) is 4.15. The number of nitrogens with zero attached hydrogens (tertiary/aromatic N) is 2. The van der Waals surface area contributed by atoms with E-state index in [1.807, 2.05) is 18.2 Å². The van der Waals surface area contributed by atoms with Gasteiger partial charge in [0.2, 0.25) is 9.84 Å². The van der Waals surface area contributed by atoms with E-state index in [9.17, 15) is 8.42 Å². The number of ether oxygens (including phenoxy) is 4. The van der Waals surface area contributed by atoms with E-state index in [1.54, 1.807) is 30.3 Å². The summed E-state index contributed by atoms with van der Waals surface area (Å²) in [5.74, 6) is 0. The first kappa shape index (κ1) is 21.4. The van der Waals surface area contributed by atoms with Crippen LogP contribution in [0.1, 0.15) is 0 Å². The van der Waals surface area contributed by atoms with Gasteiger partial charge in [-0.2, -0.15) is 0 Å². The van der Waals surface area contributed by atoms with E-state index < -0.39 is 9.84 Å². The van der Waals surface area contributed by atoms with Gasteiger partial charge in [-0.15, -0.1) is 0 Å². The minimum Gasteiger partial charge on any atom is -0.371 e. The van der Waals surface area contributed by atoms with Crippen LogP contribution in [0.25, 0.3) is 0 Å². The van der Waals surface area contributed by atoms with E-state index >= 15 is 0 Å². The van der Waals surface area contributed by atoms with Crippen LogP contribution in [0.15, 0.2) is 58.3 Å². The number of epoxide rings is 4. The van der Waals surface area contributed by atoms with Crippen molar-refractivity contribution in [1.29, 1.82) is 0 Å². The Kier molecular flexibility index (Phi) is 5.54. The molecule has 0 aromatic heterocycles. The van der Waals surface area contributed by atoms with Gasteiger partial charge < -0.3 is 28.7 Å². The molecule has 0 aliphatic carbocycles. The number of sulfone groups is 1. The second-order valence-electron chi connectivity index (χ2n) is 9.10. The van der Waals surface area contributed by atoms with Crippen LogP contribution in [-0.2, 0) is 28.8 Å². The van der Waals surface area contributed by atoms with Gasteiger partial charge in [0.15, 0.2) is 0 Å². The molecular weight excluding hydrogens is 444 g/mol. The maximum atomic E-state index is 13.4. The van der Waals surface area contributed by atoms with Crippen molar-refractivity contribution < 1.29 is 27.4 Å². The number of anilines is 2. The van der Waals surface area contributed by atoms with Crippen LogP contribution in [0.3, 0.4) is 0 Å². The Balaban J connectivity index is 1.40. The summed E-state index contributed by atoms with van der Waals surface area (Å²) in [5, 5.41) is 0. The van der Waals surface area contributed by atoms with Crippen molar-refractivity contribution >= 4 is 21.2 Å². The Morgan fingerprint density at radius 1 is 0.636 bits per heavy atom. The number of hydrogen-bond acceptors (Lipinski definition) is 8. The van der Waals surface area contributed by atoms with Crippen molar-refractivity contribution in [2.45, 2.75) is 34.2 Å².